The number of rotatable bonds is 8. The molecule has 1 fully saturated rings. The maximum Gasteiger partial charge on any atom is 0.230 e. The second-order valence-corrected chi connectivity index (χ2v) is 8.42. The van der Waals surface area contributed by atoms with Crippen molar-refractivity contribution in [1.29, 1.82) is 0 Å². The first-order valence-corrected chi connectivity index (χ1v) is 11.3. The number of hydrogen-bond acceptors (Lipinski definition) is 5. The van der Waals surface area contributed by atoms with Gasteiger partial charge >= 0.3 is 0 Å². The van der Waals surface area contributed by atoms with Crippen LogP contribution in [0.5, 0.6) is 0 Å². The van der Waals surface area contributed by atoms with Gasteiger partial charge in [0.15, 0.2) is 5.16 Å². The van der Waals surface area contributed by atoms with E-state index in [0.29, 0.717) is 19.5 Å². The lowest BCUT2D eigenvalue weighted by Crippen LogP contribution is -2.25. The molecule has 0 saturated carbocycles. The zero-order valence-electron chi connectivity index (χ0n) is 17.5. The van der Waals surface area contributed by atoms with E-state index in [9.17, 15) is 9.59 Å². The summed E-state index contributed by atoms with van der Waals surface area (Å²) in [7, 11) is 0. The van der Waals surface area contributed by atoms with E-state index < -0.39 is 0 Å². The number of aromatic nitrogens is 3. The molecule has 0 bridgehead atoms. The van der Waals surface area contributed by atoms with Gasteiger partial charge in [-0.3, -0.25) is 9.59 Å². The Kier molecular flexibility index (Phi) is 6.66. The molecular weight excluding hydrogens is 410 g/mol. The molecule has 0 spiro atoms. The molecule has 1 aliphatic heterocycles. The Labute approximate surface area is 185 Å². The molecule has 7 nitrogen and oxygen atoms in total. The molecule has 4 rings (SSSR count). The van der Waals surface area contributed by atoms with Gasteiger partial charge in [-0.15, -0.1) is 10.2 Å². The van der Waals surface area contributed by atoms with E-state index in [4.69, 9.17) is 0 Å². The zero-order valence-corrected chi connectivity index (χ0v) is 18.3. The molecule has 0 atom stereocenters. The number of carbonyl (C=O) groups excluding carboxylic acids is 2. The molecule has 1 N–H and O–H groups in total. The number of hydrogen-bond donors (Lipinski definition) is 1. The first-order chi connectivity index (χ1) is 15.1. The van der Waals surface area contributed by atoms with Gasteiger partial charge in [0.2, 0.25) is 11.8 Å². The average molecular weight is 436 g/mol. The van der Waals surface area contributed by atoms with Gasteiger partial charge in [0.25, 0.3) is 0 Å². The first kappa shape index (κ1) is 21.1. The summed E-state index contributed by atoms with van der Waals surface area (Å²) in [4.78, 5) is 26.0. The van der Waals surface area contributed by atoms with E-state index in [-0.39, 0.29) is 17.6 Å². The van der Waals surface area contributed by atoms with Crippen molar-refractivity contribution in [1.82, 2.24) is 20.1 Å². The van der Waals surface area contributed by atoms with Crippen LogP contribution in [-0.4, -0.2) is 38.9 Å². The van der Waals surface area contributed by atoms with Crippen molar-refractivity contribution in [2.24, 2.45) is 0 Å². The van der Waals surface area contributed by atoms with Crippen molar-refractivity contribution in [2.45, 2.75) is 38.0 Å². The van der Waals surface area contributed by atoms with Gasteiger partial charge < -0.3 is 14.8 Å². The average Bonchev–Trinajstić information content (AvgIpc) is 3.37. The number of benzene rings is 2. The van der Waals surface area contributed by atoms with Crippen LogP contribution in [0.1, 0.15) is 29.8 Å². The van der Waals surface area contributed by atoms with Crippen molar-refractivity contribution in [3.05, 3.63) is 71.5 Å². The fourth-order valence-electron chi connectivity index (χ4n) is 3.51. The van der Waals surface area contributed by atoms with E-state index in [0.717, 1.165) is 40.8 Å². The quantitative estimate of drug-likeness (QED) is 0.550. The fourth-order valence-corrected chi connectivity index (χ4v) is 4.33. The number of nitrogens with one attached hydrogen (secondary N) is 1. The third-order valence-electron chi connectivity index (χ3n) is 5.23. The molecule has 8 heteroatoms. The predicted molar refractivity (Wildman–Crippen MR) is 121 cm³/mol. The van der Waals surface area contributed by atoms with E-state index in [1.807, 2.05) is 58.9 Å². The minimum absolute atomic E-state index is 0.0595. The smallest absolute Gasteiger partial charge is 0.230 e. The highest BCUT2D eigenvalue weighted by atomic mass is 32.2. The number of anilines is 1. The van der Waals surface area contributed by atoms with E-state index >= 15 is 0 Å². The molecule has 0 radical (unpaired) electrons. The number of carbonyl (C=O) groups is 2. The van der Waals surface area contributed by atoms with Gasteiger partial charge in [0.1, 0.15) is 5.82 Å². The SMILES string of the molecule is Cc1nnc(SCC(=O)NCc2ccc(N3CCCC3=O)cc2)n1Cc1ccccc1. The monoisotopic (exact) mass is 435 g/mol. The molecule has 2 heterocycles. The number of thioether (sulfide) groups is 1. The Morgan fingerprint density at radius 3 is 2.55 bits per heavy atom. The summed E-state index contributed by atoms with van der Waals surface area (Å²) in [6, 6.07) is 17.9. The standard InChI is InChI=1S/C23H25N5O2S/c1-17-25-26-23(28(17)15-19-6-3-2-4-7-19)31-16-21(29)24-14-18-9-11-20(12-10-18)27-13-5-8-22(27)30/h2-4,6-7,9-12H,5,8,13-16H2,1H3,(H,24,29). The molecule has 3 aromatic rings. The van der Waals surface area contributed by atoms with Crippen LogP contribution in [0.25, 0.3) is 0 Å². The number of amides is 2. The molecular formula is C23H25N5O2S. The Hall–Kier alpha value is -3.13. The van der Waals surface area contributed by atoms with Gasteiger partial charge in [-0.1, -0.05) is 54.2 Å². The summed E-state index contributed by atoms with van der Waals surface area (Å²) in [6.45, 7) is 3.82. The lowest BCUT2D eigenvalue weighted by atomic mass is 10.2. The van der Waals surface area contributed by atoms with Gasteiger partial charge in [-0.05, 0) is 36.6 Å². The van der Waals surface area contributed by atoms with Crippen LogP contribution in [0, 0.1) is 6.92 Å². The van der Waals surface area contributed by atoms with Crippen LogP contribution >= 0.6 is 11.8 Å². The summed E-state index contributed by atoms with van der Waals surface area (Å²) >= 11 is 1.38. The second kappa shape index (κ2) is 9.78. The maximum absolute atomic E-state index is 12.3. The van der Waals surface area contributed by atoms with Crippen LogP contribution in [-0.2, 0) is 22.7 Å². The summed E-state index contributed by atoms with van der Waals surface area (Å²) in [6.07, 6.45) is 1.53. The second-order valence-electron chi connectivity index (χ2n) is 7.48. The first-order valence-electron chi connectivity index (χ1n) is 10.3. The summed E-state index contributed by atoms with van der Waals surface area (Å²) in [5.74, 6) is 1.21. The molecule has 1 aliphatic rings. The largest absolute Gasteiger partial charge is 0.351 e. The minimum atomic E-state index is -0.0595. The Morgan fingerprint density at radius 1 is 1.06 bits per heavy atom. The van der Waals surface area contributed by atoms with Gasteiger partial charge in [0.05, 0.1) is 12.3 Å². The molecule has 160 valence electrons. The summed E-state index contributed by atoms with van der Waals surface area (Å²) in [5, 5.41) is 12.1. The third-order valence-corrected chi connectivity index (χ3v) is 6.20. The minimum Gasteiger partial charge on any atom is -0.351 e. The lowest BCUT2D eigenvalue weighted by Gasteiger charge is -2.16. The topological polar surface area (TPSA) is 80.1 Å². The van der Waals surface area contributed by atoms with Crippen molar-refractivity contribution < 1.29 is 9.59 Å². The van der Waals surface area contributed by atoms with Gasteiger partial charge in [0, 0.05) is 25.2 Å². The zero-order chi connectivity index (χ0) is 21.6. The van der Waals surface area contributed by atoms with Crippen molar-refractivity contribution in [3.8, 4) is 0 Å². The van der Waals surface area contributed by atoms with Crippen LogP contribution in [0.2, 0.25) is 0 Å². The molecule has 0 aliphatic carbocycles. The van der Waals surface area contributed by atoms with E-state index in [2.05, 4.69) is 27.6 Å². The molecule has 0 unspecified atom stereocenters. The van der Waals surface area contributed by atoms with E-state index in [1.165, 1.54) is 11.8 Å². The van der Waals surface area contributed by atoms with Crippen molar-refractivity contribution in [2.75, 3.05) is 17.2 Å². The highest BCUT2D eigenvalue weighted by molar-refractivity contribution is 7.99. The van der Waals surface area contributed by atoms with Crippen LogP contribution < -0.4 is 10.2 Å². The number of nitrogens with zero attached hydrogens (tertiary/aromatic N) is 4. The lowest BCUT2D eigenvalue weighted by molar-refractivity contribution is -0.119. The highest BCUT2D eigenvalue weighted by Gasteiger charge is 2.21. The normalized spacial score (nSPS) is 13.6. The van der Waals surface area contributed by atoms with E-state index in [1.54, 1.807) is 0 Å². The summed E-state index contributed by atoms with van der Waals surface area (Å²) < 4.78 is 2.02. The predicted octanol–water partition coefficient (Wildman–Crippen LogP) is 3.17. The number of aryl methyl sites for hydroxylation is 1. The highest BCUT2D eigenvalue weighted by Crippen LogP contribution is 2.22. The van der Waals surface area contributed by atoms with Crippen molar-refractivity contribution >= 4 is 29.3 Å². The Balaban J connectivity index is 1.28. The molecule has 1 saturated heterocycles. The fraction of sp³-hybridized carbons (Fsp3) is 0.304. The van der Waals surface area contributed by atoms with Crippen molar-refractivity contribution in [3.63, 3.8) is 0 Å². The van der Waals surface area contributed by atoms with Crippen LogP contribution in [0.4, 0.5) is 5.69 Å². The third kappa shape index (κ3) is 5.32. The van der Waals surface area contributed by atoms with Gasteiger partial charge in [-0.25, -0.2) is 0 Å². The molecule has 31 heavy (non-hydrogen) atoms. The summed E-state index contributed by atoms with van der Waals surface area (Å²) in [5.41, 5.74) is 3.08. The van der Waals surface area contributed by atoms with Gasteiger partial charge in [-0.2, -0.15) is 0 Å². The molecule has 2 amide bonds. The van der Waals surface area contributed by atoms with Crippen LogP contribution in [0.15, 0.2) is 59.8 Å². The molecule has 2 aromatic carbocycles. The van der Waals surface area contributed by atoms with Crippen LogP contribution in [0.3, 0.4) is 0 Å². The molecule has 1 aromatic heterocycles. The Bertz CT molecular complexity index is 1050. The maximum atomic E-state index is 12.3. The Morgan fingerprint density at radius 2 is 1.84 bits per heavy atom.